The summed E-state index contributed by atoms with van der Waals surface area (Å²) in [5, 5.41) is 7.65. The van der Waals surface area contributed by atoms with Crippen molar-refractivity contribution in [3.63, 3.8) is 0 Å². The van der Waals surface area contributed by atoms with Gasteiger partial charge in [-0.25, -0.2) is 4.98 Å². The zero-order valence-corrected chi connectivity index (χ0v) is 28.3. The second-order valence-corrected chi connectivity index (χ2v) is 14.3. The second kappa shape index (κ2) is 11.7. The van der Waals surface area contributed by atoms with E-state index in [0.29, 0.717) is 12.0 Å². The van der Waals surface area contributed by atoms with Crippen molar-refractivity contribution in [3.05, 3.63) is 174 Å². The zero-order valence-electron chi connectivity index (χ0n) is 28.3. The van der Waals surface area contributed by atoms with Crippen LogP contribution in [-0.4, -0.2) is 9.55 Å². The third-order valence-electron chi connectivity index (χ3n) is 11.1. The van der Waals surface area contributed by atoms with Gasteiger partial charge in [0.05, 0.1) is 17.1 Å². The lowest BCUT2D eigenvalue weighted by molar-refractivity contribution is 0.532. The highest BCUT2D eigenvalue weighted by Crippen LogP contribution is 2.46. The van der Waals surface area contributed by atoms with Crippen LogP contribution in [0.5, 0.6) is 0 Å². The molecule has 0 saturated heterocycles. The van der Waals surface area contributed by atoms with Crippen LogP contribution in [0.1, 0.15) is 48.4 Å². The molecular weight excluding hydrogens is 605 g/mol. The first-order chi connectivity index (χ1) is 24.7. The average Bonchev–Trinajstić information content (AvgIpc) is 3.55. The van der Waals surface area contributed by atoms with Crippen molar-refractivity contribution in [3.8, 4) is 11.4 Å². The Morgan fingerprint density at radius 1 is 0.700 bits per heavy atom. The van der Waals surface area contributed by atoms with Crippen LogP contribution in [0.4, 0.5) is 0 Å². The number of nitrogens with zero attached hydrogens (tertiary/aromatic N) is 2. The van der Waals surface area contributed by atoms with Gasteiger partial charge in [0.2, 0.25) is 0 Å². The maximum absolute atomic E-state index is 5.39. The molecule has 7 aromatic rings. The predicted octanol–water partition coefficient (Wildman–Crippen LogP) is 12.7. The van der Waals surface area contributed by atoms with E-state index in [2.05, 4.69) is 163 Å². The maximum atomic E-state index is 5.39. The van der Waals surface area contributed by atoms with Crippen LogP contribution in [0.25, 0.3) is 65.9 Å². The molecule has 0 fully saturated rings. The van der Waals surface area contributed by atoms with Gasteiger partial charge in [0.15, 0.2) is 0 Å². The van der Waals surface area contributed by atoms with E-state index >= 15 is 0 Å². The molecule has 0 aliphatic heterocycles. The molecule has 3 aliphatic carbocycles. The summed E-state index contributed by atoms with van der Waals surface area (Å²) in [5.74, 6) is 1.43. The van der Waals surface area contributed by atoms with Gasteiger partial charge >= 0.3 is 0 Å². The number of benzene rings is 6. The molecule has 0 amide bonds. The Morgan fingerprint density at radius 3 is 2.20 bits per heavy atom. The van der Waals surface area contributed by atoms with Gasteiger partial charge in [0.1, 0.15) is 5.82 Å². The molecule has 0 saturated carbocycles. The first-order valence-corrected chi connectivity index (χ1v) is 18.1. The summed E-state index contributed by atoms with van der Waals surface area (Å²) in [4.78, 5) is 5.39. The lowest BCUT2D eigenvalue weighted by atomic mass is 9.78. The number of rotatable bonds is 4. The number of fused-ring (bicyclic) bond motifs is 5. The molecule has 2 heteroatoms. The van der Waals surface area contributed by atoms with Crippen molar-refractivity contribution in [2.45, 2.75) is 38.6 Å². The molecule has 0 radical (unpaired) electrons. The molecule has 240 valence electrons. The summed E-state index contributed by atoms with van der Waals surface area (Å²) in [5.41, 5.74) is 11.5. The molecule has 1 aromatic heterocycles. The monoisotopic (exact) mass is 642 g/mol. The van der Waals surface area contributed by atoms with Crippen molar-refractivity contribution in [1.29, 1.82) is 0 Å². The van der Waals surface area contributed by atoms with Crippen LogP contribution in [0, 0.1) is 12.8 Å². The lowest BCUT2D eigenvalue weighted by Gasteiger charge is -2.26. The third kappa shape index (κ3) is 4.74. The van der Waals surface area contributed by atoms with Crippen molar-refractivity contribution in [1.82, 2.24) is 9.55 Å². The number of hydrogen-bond acceptors (Lipinski definition) is 1. The Morgan fingerprint density at radius 2 is 1.42 bits per heavy atom. The summed E-state index contributed by atoms with van der Waals surface area (Å²) in [6.07, 6.45) is 21.2. The highest BCUT2D eigenvalue weighted by atomic mass is 15.1. The molecule has 6 aromatic carbocycles. The molecule has 0 spiro atoms. The van der Waals surface area contributed by atoms with E-state index in [9.17, 15) is 0 Å². The van der Waals surface area contributed by atoms with E-state index in [1.807, 2.05) is 0 Å². The minimum Gasteiger partial charge on any atom is -0.317 e. The predicted molar refractivity (Wildman–Crippen MR) is 212 cm³/mol. The van der Waals surface area contributed by atoms with Crippen molar-refractivity contribution in [2.24, 2.45) is 5.92 Å². The quantitative estimate of drug-likeness (QED) is 0.138. The summed E-state index contributed by atoms with van der Waals surface area (Å²) < 4.78 is 2.51. The molecule has 0 bridgehead atoms. The fourth-order valence-corrected chi connectivity index (χ4v) is 8.71. The van der Waals surface area contributed by atoms with Crippen LogP contribution >= 0.6 is 0 Å². The highest BCUT2D eigenvalue weighted by molar-refractivity contribution is 6.19. The fourth-order valence-electron chi connectivity index (χ4n) is 8.71. The number of hydrogen-bond donors (Lipinski definition) is 0. The minimum atomic E-state index is 0.291. The molecule has 2 atom stereocenters. The molecular formula is C48H38N2. The van der Waals surface area contributed by atoms with E-state index in [1.54, 1.807) is 0 Å². The topological polar surface area (TPSA) is 17.8 Å². The van der Waals surface area contributed by atoms with E-state index < -0.39 is 0 Å². The van der Waals surface area contributed by atoms with Gasteiger partial charge in [-0.1, -0.05) is 139 Å². The van der Waals surface area contributed by atoms with Crippen LogP contribution in [0.2, 0.25) is 0 Å². The first kappa shape index (κ1) is 29.2. The van der Waals surface area contributed by atoms with E-state index in [4.69, 9.17) is 4.98 Å². The normalized spacial score (nSPS) is 18.8. The minimum absolute atomic E-state index is 0.291. The number of allylic oxidation sites excluding steroid dienone is 10. The van der Waals surface area contributed by atoms with E-state index in [1.165, 1.54) is 83.2 Å². The Bertz CT molecular complexity index is 2620. The van der Waals surface area contributed by atoms with E-state index in [-0.39, 0.29) is 0 Å². The Balaban J connectivity index is 1.13. The Labute approximate surface area is 293 Å². The first-order valence-electron chi connectivity index (χ1n) is 18.1. The SMILES string of the molecule is Cc1ccc2cc(C3=CC=C4C=C(c5c6ccccc6c(-c6nc7ccccc7n6C6C=CCCC6)c6ccccc56)C=CC4C3)ccc2c1. The summed E-state index contributed by atoms with van der Waals surface area (Å²) >= 11 is 0. The standard InChI is InChI=1S/C48H38N2/c1-31-19-20-33-28-34(22-21-32(33)27-31)35-23-24-37-30-38(26-25-36(37)29-35)46-40-13-5-7-15-42(40)47(43-16-8-6-14-41(43)46)48-49-44-17-9-10-18-45(44)50(48)39-11-3-2-4-12-39/h3,5-11,13-28,30,36,39H,2,4,12,29H2,1H3. The van der Waals surface area contributed by atoms with Crippen LogP contribution in [-0.2, 0) is 0 Å². The van der Waals surface area contributed by atoms with Gasteiger partial charge in [-0.2, -0.15) is 0 Å². The lowest BCUT2D eigenvalue weighted by Crippen LogP contribution is -2.11. The van der Waals surface area contributed by atoms with Crippen molar-refractivity contribution >= 4 is 54.5 Å². The van der Waals surface area contributed by atoms with Crippen molar-refractivity contribution in [2.75, 3.05) is 0 Å². The second-order valence-electron chi connectivity index (χ2n) is 14.3. The molecule has 2 nitrogen and oxygen atoms in total. The molecule has 50 heavy (non-hydrogen) atoms. The Hall–Kier alpha value is -5.73. The molecule has 3 aliphatic rings. The van der Waals surface area contributed by atoms with Gasteiger partial charge in [-0.15, -0.1) is 0 Å². The van der Waals surface area contributed by atoms with Gasteiger partial charge in [0.25, 0.3) is 0 Å². The highest BCUT2D eigenvalue weighted by Gasteiger charge is 2.26. The maximum Gasteiger partial charge on any atom is 0.142 e. The van der Waals surface area contributed by atoms with Gasteiger partial charge in [0, 0.05) is 11.5 Å². The summed E-state index contributed by atoms with van der Waals surface area (Å²) in [6, 6.07) is 40.5. The van der Waals surface area contributed by atoms with Crippen LogP contribution < -0.4 is 0 Å². The molecule has 0 N–H and O–H groups in total. The molecule has 10 rings (SSSR count). The zero-order chi connectivity index (χ0) is 33.2. The van der Waals surface area contributed by atoms with Gasteiger partial charge < -0.3 is 4.57 Å². The summed E-state index contributed by atoms with van der Waals surface area (Å²) in [6.45, 7) is 2.16. The summed E-state index contributed by atoms with van der Waals surface area (Å²) in [7, 11) is 0. The Kier molecular flexibility index (Phi) is 6.84. The molecule has 2 unspecified atom stereocenters. The number of aromatic nitrogens is 2. The smallest absolute Gasteiger partial charge is 0.142 e. The number of para-hydroxylation sites is 2. The number of imidazole rings is 1. The van der Waals surface area contributed by atoms with Crippen LogP contribution in [0.3, 0.4) is 0 Å². The number of aryl methyl sites for hydroxylation is 1. The third-order valence-corrected chi connectivity index (χ3v) is 11.1. The van der Waals surface area contributed by atoms with Gasteiger partial charge in [-0.3, -0.25) is 0 Å². The fraction of sp³-hybridized carbons (Fsp3) is 0.146. The van der Waals surface area contributed by atoms with Crippen LogP contribution in [0.15, 0.2) is 157 Å². The van der Waals surface area contributed by atoms with Gasteiger partial charge in [-0.05, 0) is 111 Å². The van der Waals surface area contributed by atoms with E-state index in [0.717, 1.165) is 30.6 Å². The molecule has 1 heterocycles. The average molecular weight is 643 g/mol. The van der Waals surface area contributed by atoms with Crippen molar-refractivity contribution < 1.29 is 0 Å². The largest absolute Gasteiger partial charge is 0.317 e.